The van der Waals surface area contributed by atoms with Gasteiger partial charge in [-0.25, -0.2) is 4.98 Å². The zero-order valence-corrected chi connectivity index (χ0v) is 28.5. The average Bonchev–Trinajstić information content (AvgIpc) is 3.50. The Hall–Kier alpha value is -3.81. The normalized spacial score (nSPS) is 21.6. The first-order chi connectivity index (χ1) is 23.4. The Morgan fingerprint density at radius 3 is 2.27 bits per heavy atom. The third-order valence-electron chi connectivity index (χ3n) is 8.60. The first-order valence-corrected chi connectivity index (χ1v) is 17.0. The van der Waals surface area contributed by atoms with Crippen LogP contribution in [-0.2, 0) is 14.3 Å². The van der Waals surface area contributed by atoms with Crippen molar-refractivity contribution in [2.75, 3.05) is 65.7 Å². The second kappa shape index (κ2) is 15.6. The monoisotopic (exact) mass is 695 g/mol. The zero-order valence-electron chi connectivity index (χ0n) is 27.0. The third kappa shape index (κ3) is 7.42. The predicted molar refractivity (Wildman–Crippen MR) is 182 cm³/mol. The Morgan fingerprint density at radius 2 is 1.60 bits per heavy atom. The van der Waals surface area contributed by atoms with Crippen LogP contribution in [0.2, 0.25) is 10.0 Å². The van der Waals surface area contributed by atoms with Crippen molar-refractivity contribution in [2.45, 2.75) is 32.0 Å². The lowest BCUT2D eigenvalue weighted by Crippen LogP contribution is -2.61. The van der Waals surface area contributed by atoms with E-state index in [2.05, 4.69) is 15.3 Å². The fourth-order valence-electron chi connectivity index (χ4n) is 6.26. The topological polar surface area (TPSA) is 122 Å². The van der Waals surface area contributed by atoms with Gasteiger partial charge < -0.3 is 24.4 Å². The van der Waals surface area contributed by atoms with Gasteiger partial charge in [-0.2, -0.15) is 4.98 Å². The lowest BCUT2D eigenvalue weighted by molar-refractivity contribution is -0.141. The number of carbonyl (C=O) groups excluding carboxylic acids is 2. The lowest BCUT2D eigenvalue weighted by atomic mass is 9.93. The van der Waals surface area contributed by atoms with Crippen molar-refractivity contribution in [1.29, 1.82) is 0 Å². The van der Waals surface area contributed by atoms with Gasteiger partial charge in [0.05, 0.1) is 44.6 Å². The number of ether oxygens (including phenoxy) is 3. The Labute approximate surface area is 290 Å². The van der Waals surface area contributed by atoms with Gasteiger partial charge in [-0.05, 0) is 49.2 Å². The summed E-state index contributed by atoms with van der Waals surface area (Å²) in [4.78, 5) is 48.2. The van der Waals surface area contributed by atoms with Gasteiger partial charge in [0.15, 0.2) is 0 Å². The third-order valence-corrected chi connectivity index (χ3v) is 9.10. The molecule has 0 spiro atoms. The molecule has 14 heteroatoms. The molecule has 0 radical (unpaired) electrons. The molecule has 48 heavy (non-hydrogen) atoms. The molecule has 6 rings (SSSR count). The molecule has 0 saturated carbocycles. The molecule has 12 nitrogen and oxygen atoms in total. The highest BCUT2D eigenvalue weighted by atomic mass is 35.5. The zero-order chi connectivity index (χ0) is 33.6. The van der Waals surface area contributed by atoms with E-state index in [1.165, 1.54) is 0 Å². The highest BCUT2D eigenvalue weighted by Crippen LogP contribution is 2.45. The number of aliphatic imine (C=N–C) groups is 1. The molecule has 1 N–H and O–H groups in total. The van der Waals surface area contributed by atoms with E-state index in [9.17, 15) is 4.79 Å². The smallest absolute Gasteiger partial charge is 0.319 e. The predicted octanol–water partition coefficient (Wildman–Crippen LogP) is 3.78. The summed E-state index contributed by atoms with van der Waals surface area (Å²) in [7, 11) is 0. The van der Waals surface area contributed by atoms with Gasteiger partial charge in [0, 0.05) is 49.0 Å². The number of morpholine rings is 1. The molecule has 1 unspecified atom stereocenters. The number of nitrogens with one attached hydrogen (secondary N) is 1. The summed E-state index contributed by atoms with van der Waals surface area (Å²) in [6.45, 7) is 8.12. The van der Waals surface area contributed by atoms with Crippen LogP contribution in [0.3, 0.4) is 0 Å². The van der Waals surface area contributed by atoms with Crippen molar-refractivity contribution in [2.24, 2.45) is 4.99 Å². The molecule has 254 valence electrons. The van der Waals surface area contributed by atoms with E-state index in [1.807, 2.05) is 55.1 Å². The fraction of sp³-hybridized carbons (Fsp3) is 0.441. The number of hydrogen-bond donors (Lipinski definition) is 1. The minimum atomic E-state index is -0.660. The molecule has 3 aliphatic rings. The number of hydrogen-bond acceptors (Lipinski definition) is 10. The Morgan fingerprint density at radius 1 is 0.938 bits per heavy atom. The van der Waals surface area contributed by atoms with E-state index in [1.54, 1.807) is 28.1 Å². The van der Waals surface area contributed by atoms with Crippen molar-refractivity contribution in [1.82, 2.24) is 30.0 Å². The number of aromatic nitrogens is 2. The minimum absolute atomic E-state index is 0.0276. The molecule has 1 aromatic heterocycles. The molecule has 3 atom stereocenters. The summed E-state index contributed by atoms with van der Waals surface area (Å²) in [5.74, 6) is 0.361. The summed E-state index contributed by atoms with van der Waals surface area (Å²) < 4.78 is 17.0. The first-order valence-electron chi connectivity index (χ1n) is 16.2. The van der Waals surface area contributed by atoms with E-state index >= 15 is 4.79 Å². The quantitative estimate of drug-likeness (QED) is 0.338. The van der Waals surface area contributed by atoms with E-state index in [0.717, 1.165) is 11.1 Å². The van der Waals surface area contributed by atoms with Gasteiger partial charge in [-0.1, -0.05) is 47.5 Å². The maximum absolute atomic E-state index is 15.1. The van der Waals surface area contributed by atoms with Crippen molar-refractivity contribution in [3.8, 4) is 11.9 Å². The van der Waals surface area contributed by atoms with Gasteiger partial charge in [0.1, 0.15) is 17.9 Å². The molecule has 2 fully saturated rings. The second-order valence-electron chi connectivity index (χ2n) is 11.6. The van der Waals surface area contributed by atoms with E-state index < -0.39 is 18.1 Å². The van der Waals surface area contributed by atoms with Crippen LogP contribution in [0.25, 0.3) is 0 Å². The number of halogens is 2. The lowest BCUT2D eigenvalue weighted by Gasteiger charge is -2.40. The van der Waals surface area contributed by atoms with E-state index in [-0.39, 0.29) is 30.2 Å². The van der Waals surface area contributed by atoms with Crippen molar-refractivity contribution >= 4 is 40.9 Å². The van der Waals surface area contributed by atoms with Crippen LogP contribution in [0.1, 0.15) is 42.6 Å². The SMILES string of the molecule is CCOc1ncc(C2=N[C@H](c3ccc(Cl)cc3)[C@H](c3ccc(Cl)cc3)N2C(=O)C2CNCCN2CC(=O)N2CCOCC2)c(OCC)n1. The van der Waals surface area contributed by atoms with Gasteiger partial charge in [0.2, 0.25) is 17.7 Å². The number of amides is 2. The molecule has 2 saturated heterocycles. The maximum Gasteiger partial charge on any atom is 0.319 e. The highest BCUT2D eigenvalue weighted by molar-refractivity contribution is 6.30. The molecule has 2 aromatic carbocycles. The summed E-state index contributed by atoms with van der Waals surface area (Å²) in [6, 6.07) is 13.3. The molecule has 3 aliphatic heterocycles. The van der Waals surface area contributed by atoms with Crippen molar-refractivity contribution in [3.63, 3.8) is 0 Å². The minimum Gasteiger partial charge on any atom is -0.477 e. The van der Waals surface area contributed by atoms with Crippen molar-refractivity contribution < 1.29 is 23.8 Å². The molecule has 3 aromatic rings. The number of piperazine rings is 1. The van der Waals surface area contributed by atoms with Crippen LogP contribution in [-0.4, -0.2) is 114 Å². The highest BCUT2D eigenvalue weighted by Gasteiger charge is 2.47. The first kappa shape index (κ1) is 34.1. The summed E-state index contributed by atoms with van der Waals surface area (Å²) in [6.07, 6.45) is 1.59. The standard InChI is InChI=1S/C34H39Cl2N7O5/c1-3-47-32-26(19-38-34(40-32)48-4-2)31-39-29(22-5-9-24(35)10-6-22)30(23-7-11-25(36)12-8-23)43(31)33(45)27-20-37-13-14-42(27)21-28(44)41-15-17-46-18-16-41/h5-12,19,27,29-30,37H,3-4,13-18,20-21H2,1-2H3/t27?,29-,30+/m1/s1. The van der Waals surface area contributed by atoms with Crippen LogP contribution in [0.5, 0.6) is 11.9 Å². The van der Waals surface area contributed by atoms with Crippen LogP contribution < -0.4 is 14.8 Å². The molecule has 4 heterocycles. The average molecular weight is 697 g/mol. The summed E-state index contributed by atoms with van der Waals surface area (Å²) >= 11 is 12.6. The van der Waals surface area contributed by atoms with E-state index in [0.29, 0.717) is 80.6 Å². The van der Waals surface area contributed by atoms with Gasteiger partial charge in [0.25, 0.3) is 0 Å². The van der Waals surface area contributed by atoms with Gasteiger partial charge in [-0.15, -0.1) is 0 Å². The largest absolute Gasteiger partial charge is 0.477 e. The fourth-order valence-corrected chi connectivity index (χ4v) is 6.51. The Kier molecular flexibility index (Phi) is 11.1. The van der Waals surface area contributed by atoms with Crippen LogP contribution in [0, 0.1) is 0 Å². The number of benzene rings is 2. The van der Waals surface area contributed by atoms with Crippen LogP contribution in [0.15, 0.2) is 59.7 Å². The van der Waals surface area contributed by atoms with Crippen LogP contribution in [0.4, 0.5) is 0 Å². The summed E-state index contributed by atoms with van der Waals surface area (Å²) in [5.41, 5.74) is 2.14. The number of nitrogens with zero attached hydrogens (tertiary/aromatic N) is 6. The summed E-state index contributed by atoms with van der Waals surface area (Å²) in [5, 5.41) is 4.53. The molecular formula is C34H39Cl2N7O5. The Bertz CT molecular complexity index is 1620. The van der Waals surface area contributed by atoms with E-state index in [4.69, 9.17) is 42.4 Å². The Balaban J connectivity index is 1.46. The number of carbonyl (C=O) groups is 2. The van der Waals surface area contributed by atoms with Crippen molar-refractivity contribution in [3.05, 3.63) is 81.5 Å². The molecule has 0 bridgehead atoms. The van der Waals surface area contributed by atoms with Gasteiger partial charge >= 0.3 is 6.01 Å². The second-order valence-corrected chi connectivity index (χ2v) is 12.4. The van der Waals surface area contributed by atoms with Gasteiger partial charge in [-0.3, -0.25) is 24.4 Å². The molecule has 0 aliphatic carbocycles. The number of amidine groups is 1. The molecule has 2 amide bonds. The maximum atomic E-state index is 15.1. The molecular weight excluding hydrogens is 657 g/mol. The van der Waals surface area contributed by atoms with Crippen LogP contribution >= 0.6 is 23.2 Å². The number of rotatable bonds is 10.